The van der Waals surface area contributed by atoms with Crippen LogP contribution >= 0.6 is 0 Å². The summed E-state index contributed by atoms with van der Waals surface area (Å²) >= 11 is 0. The van der Waals surface area contributed by atoms with Crippen LogP contribution in [0.4, 0.5) is 14.5 Å². The normalized spacial score (nSPS) is 21.5. The molecule has 1 fully saturated rings. The monoisotopic (exact) mass is 240 g/mol. The van der Waals surface area contributed by atoms with E-state index in [0.29, 0.717) is 23.8 Å². The van der Waals surface area contributed by atoms with Crippen molar-refractivity contribution in [2.75, 3.05) is 18.4 Å². The van der Waals surface area contributed by atoms with Gasteiger partial charge < -0.3 is 10.6 Å². The molecule has 2 nitrogen and oxygen atoms in total. The first-order valence-electron chi connectivity index (χ1n) is 6.07. The van der Waals surface area contributed by atoms with Gasteiger partial charge in [-0.1, -0.05) is 6.07 Å². The fourth-order valence-corrected chi connectivity index (χ4v) is 2.09. The van der Waals surface area contributed by atoms with E-state index in [0.717, 1.165) is 13.0 Å². The Kier molecular flexibility index (Phi) is 3.94. The summed E-state index contributed by atoms with van der Waals surface area (Å²) in [5.74, 6) is -0.384. The molecular weight excluding hydrogens is 222 g/mol. The molecule has 94 valence electrons. The summed E-state index contributed by atoms with van der Waals surface area (Å²) < 4.78 is 26.6. The van der Waals surface area contributed by atoms with Crippen LogP contribution in [0.3, 0.4) is 0 Å². The molecule has 1 aromatic rings. The van der Waals surface area contributed by atoms with E-state index >= 15 is 0 Å². The Morgan fingerprint density at radius 1 is 1.53 bits per heavy atom. The first-order valence-corrected chi connectivity index (χ1v) is 6.07. The molecule has 2 N–H and O–H groups in total. The van der Waals surface area contributed by atoms with Crippen molar-refractivity contribution in [3.05, 3.63) is 29.6 Å². The third-order valence-corrected chi connectivity index (χ3v) is 3.15. The van der Waals surface area contributed by atoms with Crippen LogP contribution in [0.15, 0.2) is 18.2 Å². The maximum atomic E-state index is 13.6. The summed E-state index contributed by atoms with van der Waals surface area (Å²) in [6, 6.07) is 4.90. The van der Waals surface area contributed by atoms with Crippen LogP contribution in [0.25, 0.3) is 0 Å². The van der Waals surface area contributed by atoms with Gasteiger partial charge in [-0.05, 0) is 44.0 Å². The molecule has 0 saturated carbocycles. The molecule has 17 heavy (non-hydrogen) atoms. The fourth-order valence-electron chi connectivity index (χ4n) is 2.09. The van der Waals surface area contributed by atoms with Gasteiger partial charge in [-0.25, -0.2) is 8.78 Å². The smallest absolute Gasteiger partial charge is 0.146 e. The lowest BCUT2D eigenvalue weighted by atomic mass is 10.1. The van der Waals surface area contributed by atoms with Gasteiger partial charge in [-0.3, -0.25) is 0 Å². The molecule has 2 atom stereocenters. The van der Waals surface area contributed by atoms with Crippen molar-refractivity contribution in [1.29, 1.82) is 0 Å². The second-order valence-corrected chi connectivity index (χ2v) is 4.53. The lowest BCUT2D eigenvalue weighted by Gasteiger charge is -2.14. The van der Waals surface area contributed by atoms with Gasteiger partial charge in [0.1, 0.15) is 12.0 Å². The molecule has 4 heteroatoms. The highest BCUT2D eigenvalue weighted by Gasteiger charge is 2.14. The summed E-state index contributed by atoms with van der Waals surface area (Å²) in [6.07, 6.45) is 1.16. The standard InChI is InChI=1S/C13H18F2N2/c1-9(14)10-4-5-13(12(15)7-10)17-8-11-3-2-6-16-11/h4-5,7,9,11,16-17H,2-3,6,8H2,1H3. The van der Waals surface area contributed by atoms with E-state index in [1.54, 1.807) is 12.1 Å². The van der Waals surface area contributed by atoms with Crippen LogP contribution in [0.5, 0.6) is 0 Å². The molecule has 0 aromatic heterocycles. The first kappa shape index (κ1) is 12.3. The van der Waals surface area contributed by atoms with Crippen molar-refractivity contribution in [2.45, 2.75) is 32.0 Å². The van der Waals surface area contributed by atoms with Crippen LogP contribution < -0.4 is 10.6 Å². The number of hydrogen-bond acceptors (Lipinski definition) is 2. The van der Waals surface area contributed by atoms with Crippen molar-refractivity contribution < 1.29 is 8.78 Å². The largest absolute Gasteiger partial charge is 0.381 e. The second-order valence-electron chi connectivity index (χ2n) is 4.53. The third kappa shape index (κ3) is 3.16. The summed E-state index contributed by atoms with van der Waals surface area (Å²) in [4.78, 5) is 0. The van der Waals surface area contributed by atoms with Gasteiger partial charge in [-0.2, -0.15) is 0 Å². The Morgan fingerprint density at radius 3 is 2.94 bits per heavy atom. The van der Waals surface area contributed by atoms with E-state index in [1.807, 2.05) is 0 Å². The van der Waals surface area contributed by atoms with Crippen LogP contribution in [-0.2, 0) is 0 Å². The molecule has 0 spiro atoms. The zero-order chi connectivity index (χ0) is 12.3. The first-order chi connectivity index (χ1) is 8.16. The van der Waals surface area contributed by atoms with Gasteiger partial charge in [0.2, 0.25) is 0 Å². The third-order valence-electron chi connectivity index (χ3n) is 3.15. The van der Waals surface area contributed by atoms with E-state index in [1.165, 1.54) is 19.4 Å². The number of alkyl halides is 1. The SMILES string of the molecule is CC(F)c1ccc(NCC2CCCN2)c(F)c1. The molecule has 0 amide bonds. The van der Waals surface area contributed by atoms with Crippen molar-refractivity contribution in [3.8, 4) is 0 Å². The lowest BCUT2D eigenvalue weighted by molar-refractivity contribution is 0.373. The zero-order valence-corrected chi connectivity index (χ0v) is 9.97. The summed E-state index contributed by atoms with van der Waals surface area (Å²) in [7, 11) is 0. The predicted molar refractivity (Wildman–Crippen MR) is 65.4 cm³/mol. The Morgan fingerprint density at radius 2 is 2.35 bits per heavy atom. The fraction of sp³-hybridized carbons (Fsp3) is 0.538. The van der Waals surface area contributed by atoms with Crippen molar-refractivity contribution in [3.63, 3.8) is 0 Å². The van der Waals surface area contributed by atoms with Gasteiger partial charge in [0, 0.05) is 12.6 Å². The van der Waals surface area contributed by atoms with Crippen molar-refractivity contribution >= 4 is 5.69 Å². The zero-order valence-electron chi connectivity index (χ0n) is 9.97. The van der Waals surface area contributed by atoms with Crippen LogP contribution in [0, 0.1) is 5.82 Å². The Bertz CT molecular complexity index is 374. The Labute approximate surface area is 100 Å². The van der Waals surface area contributed by atoms with Gasteiger partial charge in [0.15, 0.2) is 0 Å². The molecule has 2 unspecified atom stereocenters. The minimum absolute atomic E-state index is 0.382. The average Bonchev–Trinajstić information content (AvgIpc) is 2.80. The van der Waals surface area contributed by atoms with E-state index in [-0.39, 0.29) is 5.82 Å². The Hall–Kier alpha value is -1.16. The summed E-state index contributed by atoms with van der Waals surface area (Å²) in [6.45, 7) is 3.15. The van der Waals surface area contributed by atoms with Gasteiger partial charge in [0.05, 0.1) is 5.69 Å². The Balaban J connectivity index is 1.96. The molecule has 1 heterocycles. The molecular formula is C13H18F2N2. The summed E-state index contributed by atoms with van der Waals surface area (Å²) in [5, 5.41) is 6.39. The molecule has 0 bridgehead atoms. The van der Waals surface area contributed by atoms with Gasteiger partial charge >= 0.3 is 0 Å². The second kappa shape index (κ2) is 5.45. The predicted octanol–water partition coefficient (Wildman–Crippen LogP) is 3.02. The average molecular weight is 240 g/mol. The summed E-state index contributed by atoms with van der Waals surface area (Å²) in [5.41, 5.74) is 0.829. The lowest BCUT2D eigenvalue weighted by Crippen LogP contribution is -2.29. The highest BCUT2D eigenvalue weighted by Crippen LogP contribution is 2.22. The van der Waals surface area contributed by atoms with E-state index in [2.05, 4.69) is 10.6 Å². The van der Waals surface area contributed by atoms with Crippen molar-refractivity contribution in [2.24, 2.45) is 0 Å². The van der Waals surface area contributed by atoms with E-state index < -0.39 is 6.17 Å². The van der Waals surface area contributed by atoms with Crippen LogP contribution in [0.2, 0.25) is 0 Å². The van der Waals surface area contributed by atoms with Gasteiger partial charge in [0.25, 0.3) is 0 Å². The van der Waals surface area contributed by atoms with Crippen LogP contribution in [-0.4, -0.2) is 19.1 Å². The maximum absolute atomic E-state index is 13.6. The van der Waals surface area contributed by atoms with Gasteiger partial charge in [-0.15, -0.1) is 0 Å². The molecule has 2 rings (SSSR count). The molecule has 1 aliphatic rings. The van der Waals surface area contributed by atoms with E-state index in [4.69, 9.17) is 0 Å². The minimum Gasteiger partial charge on any atom is -0.381 e. The molecule has 1 aliphatic heterocycles. The number of hydrogen-bond donors (Lipinski definition) is 2. The maximum Gasteiger partial charge on any atom is 0.146 e. The molecule has 1 saturated heterocycles. The number of benzene rings is 1. The topological polar surface area (TPSA) is 24.1 Å². The minimum atomic E-state index is -1.13. The molecule has 0 radical (unpaired) electrons. The number of anilines is 1. The number of halogens is 2. The quantitative estimate of drug-likeness (QED) is 0.845. The van der Waals surface area contributed by atoms with E-state index in [9.17, 15) is 8.78 Å². The van der Waals surface area contributed by atoms with Crippen molar-refractivity contribution in [1.82, 2.24) is 5.32 Å². The molecule has 0 aliphatic carbocycles. The highest BCUT2D eigenvalue weighted by atomic mass is 19.1. The van der Waals surface area contributed by atoms with Crippen LogP contribution in [0.1, 0.15) is 31.5 Å². The highest BCUT2D eigenvalue weighted by molar-refractivity contribution is 5.46. The number of rotatable bonds is 4. The number of nitrogens with one attached hydrogen (secondary N) is 2. The molecule has 1 aromatic carbocycles.